The van der Waals surface area contributed by atoms with Gasteiger partial charge in [-0.1, -0.05) is 41.4 Å². The molecular weight excluding hydrogens is 485 g/mol. The van der Waals surface area contributed by atoms with Crippen molar-refractivity contribution in [1.29, 1.82) is 0 Å². The number of hydrogen-bond acceptors (Lipinski definition) is 5. The van der Waals surface area contributed by atoms with Gasteiger partial charge in [-0.05, 0) is 30.3 Å². The smallest absolute Gasteiger partial charge is 0.417 e. The average molecular weight is 498 g/mol. The largest absolute Gasteiger partial charge is 0.453 e. The van der Waals surface area contributed by atoms with Crippen LogP contribution in [0.5, 0.6) is 11.5 Å². The van der Waals surface area contributed by atoms with Crippen molar-refractivity contribution in [2.75, 3.05) is 5.73 Å². The second kappa shape index (κ2) is 8.92. The summed E-state index contributed by atoms with van der Waals surface area (Å²) < 4.78 is 65.9. The van der Waals surface area contributed by atoms with Crippen molar-refractivity contribution in [2.24, 2.45) is 0 Å². The maximum atomic E-state index is 15.1. The fraction of sp³-hybridized carbons (Fsp3) is 0.0909. The minimum absolute atomic E-state index is 0.0138. The van der Waals surface area contributed by atoms with E-state index in [-0.39, 0.29) is 50.9 Å². The van der Waals surface area contributed by atoms with E-state index in [9.17, 15) is 13.2 Å². The molecule has 2 N–H and O–H groups in total. The molecule has 4 aromatic rings. The number of aromatic nitrogens is 2. The van der Waals surface area contributed by atoms with Crippen molar-refractivity contribution >= 4 is 28.9 Å². The van der Waals surface area contributed by atoms with Crippen LogP contribution in [0.3, 0.4) is 0 Å². The van der Waals surface area contributed by atoms with Crippen LogP contribution in [-0.2, 0) is 12.6 Å². The van der Waals surface area contributed by atoms with Crippen LogP contribution in [0, 0.1) is 5.82 Å². The fourth-order valence-electron chi connectivity index (χ4n) is 3.08. The minimum Gasteiger partial charge on any atom is -0.453 e. The van der Waals surface area contributed by atoms with Gasteiger partial charge in [-0.25, -0.2) is 4.39 Å². The van der Waals surface area contributed by atoms with Crippen molar-refractivity contribution in [1.82, 2.24) is 10.2 Å². The molecule has 1 aromatic heterocycles. The molecule has 0 unspecified atom stereocenters. The number of halogens is 6. The third-order valence-electron chi connectivity index (χ3n) is 4.51. The van der Waals surface area contributed by atoms with Crippen molar-refractivity contribution in [2.45, 2.75) is 12.6 Å². The number of nitrogen functional groups attached to an aromatic ring is 1. The Hall–Kier alpha value is -3.30. The summed E-state index contributed by atoms with van der Waals surface area (Å²) in [5.41, 5.74) is 4.90. The van der Waals surface area contributed by atoms with Gasteiger partial charge in [0, 0.05) is 22.3 Å². The van der Waals surface area contributed by atoms with E-state index in [2.05, 4.69) is 10.2 Å². The van der Waals surface area contributed by atoms with E-state index in [0.29, 0.717) is 5.69 Å². The van der Waals surface area contributed by atoms with Gasteiger partial charge in [-0.3, -0.25) is 0 Å². The second-order valence-electron chi connectivity index (χ2n) is 6.89. The Morgan fingerprint density at radius 3 is 2.48 bits per heavy atom. The second-order valence-corrected chi connectivity index (χ2v) is 7.74. The first kappa shape index (κ1) is 22.9. The van der Waals surface area contributed by atoms with Gasteiger partial charge in [0.2, 0.25) is 11.8 Å². The molecular formula is C22H13Cl2F4N3O2. The van der Waals surface area contributed by atoms with Gasteiger partial charge in [-0.15, -0.1) is 10.2 Å². The molecule has 0 fully saturated rings. The number of rotatable bonds is 5. The molecule has 0 aliphatic carbocycles. The lowest BCUT2D eigenvalue weighted by Gasteiger charge is -2.12. The van der Waals surface area contributed by atoms with Gasteiger partial charge in [0.25, 0.3) is 0 Å². The molecule has 0 bridgehead atoms. The Morgan fingerprint density at radius 2 is 1.76 bits per heavy atom. The first-order valence-corrected chi connectivity index (χ1v) is 10.1. The zero-order chi connectivity index (χ0) is 23.8. The molecule has 0 aliphatic heterocycles. The van der Waals surface area contributed by atoms with E-state index in [1.807, 2.05) is 0 Å². The Morgan fingerprint density at radius 1 is 1.00 bits per heavy atom. The number of anilines is 1. The summed E-state index contributed by atoms with van der Waals surface area (Å²) >= 11 is 12.0. The van der Waals surface area contributed by atoms with Crippen molar-refractivity contribution < 1.29 is 26.7 Å². The molecule has 11 heteroatoms. The highest BCUT2D eigenvalue weighted by Gasteiger charge is 2.34. The third-order valence-corrected chi connectivity index (χ3v) is 5.03. The Balaban J connectivity index is 1.63. The van der Waals surface area contributed by atoms with Crippen LogP contribution >= 0.6 is 23.2 Å². The summed E-state index contributed by atoms with van der Waals surface area (Å²) in [7, 11) is 0. The van der Waals surface area contributed by atoms with Gasteiger partial charge in [-0.2, -0.15) is 13.2 Å². The maximum Gasteiger partial charge on any atom is 0.417 e. The zero-order valence-electron chi connectivity index (χ0n) is 16.5. The summed E-state index contributed by atoms with van der Waals surface area (Å²) in [6, 6.07) is 11.9. The van der Waals surface area contributed by atoms with Crippen LogP contribution in [0.1, 0.15) is 17.0 Å². The highest BCUT2D eigenvalue weighted by molar-refractivity contribution is 6.32. The monoisotopic (exact) mass is 497 g/mol. The lowest BCUT2D eigenvalue weighted by Crippen LogP contribution is -2.06. The van der Waals surface area contributed by atoms with Crippen LogP contribution in [0.25, 0.3) is 11.5 Å². The Kier molecular flexibility index (Phi) is 6.18. The lowest BCUT2D eigenvalue weighted by molar-refractivity contribution is -0.137. The summed E-state index contributed by atoms with van der Waals surface area (Å²) in [5, 5.41) is 7.71. The van der Waals surface area contributed by atoms with Crippen molar-refractivity contribution in [3.8, 4) is 23.0 Å². The summed E-state index contributed by atoms with van der Waals surface area (Å²) in [5.74, 6) is -1.35. The van der Waals surface area contributed by atoms with E-state index < -0.39 is 17.6 Å². The molecule has 0 saturated carbocycles. The normalized spacial score (nSPS) is 11.6. The van der Waals surface area contributed by atoms with E-state index in [1.54, 1.807) is 0 Å². The molecule has 0 amide bonds. The number of ether oxygens (including phenoxy) is 1. The van der Waals surface area contributed by atoms with Gasteiger partial charge >= 0.3 is 6.18 Å². The molecule has 0 aliphatic rings. The molecule has 33 heavy (non-hydrogen) atoms. The van der Waals surface area contributed by atoms with Gasteiger partial charge < -0.3 is 14.9 Å². The molecule has 0 spiro atoms. The summed E-state index contributed by atoms with van der Waals surface area (Å²) in [6.45, 7) is 0. The van der Waals surface area contributed by atoms with E-state index in [0.717, 1.165) is 6.07 Å². The molecule has 0 saturated heterocycles. The first-order chi connectivity index (χ1) is 15.6. The maximum absolute atomic E-state index is 15.1. The van der Waals surface area contributed by atoms with Crippen molar-refractivity contribution in [3.63, 3.8) is 0 Å². The quantitative estimate of drug-likeness (QED) is 0.233. The predicted octanol–water partition coefficient (Wildman–Crippen LogP) is 7.17. The average Bonchev–Trinajstić information content (AvgIpc) is 3.20. The number of hydrogen-bond donors (Lipinski definition) is 1. The summed E-state index contributed by atoms with van der Waals surface area (Å²) in [4.78, 5) is 0. The van der Waals surface area contributed by atoms with Crippen LogP contribution in [0.15, 0.2) is 59.0 Å². The zero-order valence-corrected chi connectivity index (χ0v) is 18.0. The molecule has 1 heterocycles. The Labute approximate surface area is 194 Å². The molecule has 4 rings (SSSR count). The molecule has 0 radical (unpaired) electrons. The summed E-state index contributed by atoms with van der Waals surface area (Å²) in [6.07, 6.45) is -4.82. The van der Waals surface area contributed by atoms with Crippen LogP contribution in [0.2, 0.25) is 10.0 Å². The highest BCUT2D eigenvalue weighted by atomic mass is 35.5. The van der Waals surface area contributed by atoms with Crippen LogP contribution in [0.4, 0.5) is 23.2 Å². The Bertz CT molecular complexity index is 1310. The van der Waals surface area contributed by atoms with Crippen LogP contribution in [-0.4, -0.2) is 10.2 Å². The minimum atomic E-state index is -4.61. The van der Waals surface area contributed by atoms with E-state index in [4.69, 9.17) is 38.1 Å². The topological polar surface area (TPSA) is 74.2 Å². The van der Waals surface area contributed by atoms with Crippen LogP contribution < -0.4 is 10.5 Å². The number of alkyl halides is 3. The number of nitrogens with two attached hydrogens (primary N) is 1. The molecule has 3 aromatic carbocycles. The third kappa shape index (κ3) is 5.04. The highest BCUT2D eigenvalue weighted by Crippen LogP contribution is 2.38. The van der Waals surface area contributed by atoms with E-state index >= 15 is 4.39 Å². The predicted molar refractivity (Wildman–Crippen MR) is 115 cm³/mol. The fourth-order valence-corrected chi connectivity index (χ4v) is 3.50. The van der Waals surface area contributed by atoms with Crippen molar-refractivity contribution in [3.05, 3.63) is 87.5 Å². The number of nitrogens with zero attached hydrogens (tertiary/aromatic N) is 2. The van der Waals surface area contributed by atoms with E-state index in [1.165, 1.54) is 48.5 Å². The molecule has 0 atom stereocenters. The lowest BCUT2D eigenvalue weighted by atomic mass is 10.1. The molecule has 170 valence electrons. The molecule has 5 nitrogen and oxygen atoms in total. The SMILES string of the molecule is Nc1cc(Cl)cc(Oc2c(Cl)ccc(Cc3nnc(-c4ccccc4C(F)(F)F)o3)c2F)c1. The van der Waals surface area contributed by atoms with Gasteiger partial charge in [0.05, 0.1) is 22.6 Å². The first-order valence-electron chi connectivity index (χ1n) is 9.31. The number of benzene rings is 3. The standard InChI is InChI=1S/C22H13Cl2F4N3O2/c23-12-8-13(29)10-14(9-12)32-20-17(24)6-5-11(19(20)25)7-18-30-31-21(33-18)15-3-1-2-4-16(15)22(26,27)28/h1-6,8-10H,7,29H2. The van der Waals surface area contributed by atoms with Gasteiger partial charge in [0.15, 0.2) is 11.6 Å². The van der Waals surface area contributed by atoms with Gasteiger partial charge in [0.1, 0.15) is 5.75 Å².